The van der Waals surface area contributed by atoms with Gasteiger partial charge in [-0.25, -0.2) is 8.42 Å². The SMILES string of the molecule is CCN(C1CNC1)S(=O)(=O)c1ccn(C)c1. The highest BCUT2D eigenvalue weighted by atomic mass is 32.2. The van der Waals surface area contributed by atoms with Crippen LogP contribution >= 0.6 is 0 Å². The summed E-state index contributed by atoms with van der Waals surface area (Å²) < 4.78 is 27.9. The number of hydrogen-bond acceptors (Lipinski definition) is 3. The van der Waals surface area contributed by atoms with E-state index in [1.807, 2.05) is 14.0 Å². The molecule has 0 aromatic carbocycles. The molecule has 1 aliphatic heterocycles. The number of aryl methyl sites for hydroxylation is 1. The molecular weight excluding hydrogens is 226 g/mol. The molecule has 0 aliphatic carbocycles. The van der Waals surface area contributed by atoms with Crippen LogP contribution in [0.4, 0.5) is 0 Å². The van der Waals surface area contributed by atoms with Crippen LogP contribution in [0, 0.1) is 0 Å². The maximum absolute atomic E-state index is 12.3. The fraction of sp³-hybridized carbons (Fsp3) is 0.600. The van der Waals surface area contributed by atoms with Gasteiger partial charge >= 0.3 is 0 Å². The predicted molar refractivity (Wildman–Crippen MR) is 61.6 cm³/mol. The normalized spacial score (nSPS) is 17.7. The van der Waals surface area contributed by atoms with Gasteiger partial charge in [-0.05, 0) is 6.07 Å². The first-order valence-corrected chi connectivity index (χ1v) is 6.84. The van der Waals surface area contributed by atoms with Crippen LogP contribution in [0.15, 0.2) is 23.4 Å². The van der Waals surface area contributed by atoms with Gasteiger partial charge in [-0.15, -0.1) is 0 Å². The van der Waals surface area contributed by atoms with Gasteiger partial charge in [-0.3, -0.25) is 0 Å². The molecule has 1 N–H and O–H groups in total. The summed E-state index contributed by atoms with van der Waals surface area (Å²) in [4.78, 5) is 0.378. The van der Waals surface area contributed by atoms with E-state index >= 15 is 0 Å². The number of hydrogen-bond donors (Lipinski definition) is 1. The highest BCUT2D eigenvalue weighted by Gasteiger charge is 2.33. The molecular formula is C10H17N3O2S. The monoisotopic (exact) mass is 243 g/mol. The zero-order valence-corrected chi connectivity index (χ0v) is 10.4. The largest absolute Gasteiger partial charge is 0.356 e. The third-order valence-electron chi connectivity index (χ3n) is 2.89. The smallest absolute Gasteiger partial charge is 0.244 e. The van der Waals surface area contributed by atoms with Crippen molar-refractivity contribution in [3.05, 3.63) is 18.5 Å². The van der Waals surface area contributed by atoms with Crippen LogP contribution in [-0.4, -0.2) is 43.0 Å². The van der Waals surface area contributed by atoms with E-state index in [-0.39, 0.29) is 6.04 Å². The Bertz CT molecular complexity index is 462. The van der Waals surface area contributed by atoms with E-state index in [1.54, 1.807) is 27.3 Å². The van der Waals surface area contributed by atoms with E-state index in [9.17, 15) is 8.42 Å². The van der Waals surface area contributed by atoms with Crippen molar-refractivity contribution >= 4 is 10.0 Å². The lowest BCUT2D eigenvalue weighted by atomic mass is 10.2. The maximum atomic E-state index is 12.3. The quantitative estimate of drug-likeness (QED) is 0.810. The molecule has 0 radical (unpaired) electrons. The second-order valence-corrected chi connectivity index (χ2v) is 5.92. The highest BCUT2D eigenvalue weighted by Crippen LogP contribution is 2.19. The van der Waals surface area contributed by atoms with Gasteiger partial charge in [0.15, 0.2) is 0 Å². The predicted octanol–water partition coefficient (Wildman–Crippen LogP) is 0.00750. The van der Waals surface area contributed by atoms with Gasteiger partial charge < -0.3 is 9.88 Å². The van der Waals surface area contributed by atoms with Crippen LogP contribution in [0.2, 0.25) is 0 Å². The molecule has 0 atom stereocenters. The lowest BCUT2D eigenvalue weighted by Crippen LogP contribution is -2.58. The standard InChI is InChI=1S/C10H17N3O2S/c1-3-13(9-6-11-7-9)16(14,15)10-4-5-12(2)8-10/h4-5,8-9,11H,3,6-7H2,1-2H3. The molecule has 1 aromatic heterocycles. The van der Waals surface area contributed by atoms with E-state index in [0.29, 0.717) is 11.4 Å². The minimum Gasteiger partial charge on any atom is -0.356 e. The van der Waals surface area contributed by atoms with Crippen LogP contribution in [0.25, 0.3) is 0 Å². The fourth-order valence-corrected chi connectivity index (χ4v) is 3.55. The lowest BCUT2D eigenvalue weighted by Gasteiger charge is -2.36. The zero-order valence-electron chi connectivity index (χ0n) is 9.55. The van der Waals surface area contributed by atoms with Crippen molar-refractivity contribution in [2.24, 2.45) is 7.05 Å². The molecule has 2 rings (SSSR count). The minimum absolute atomic E-state index is 0.107. The summed E-state index contributed by atoms with van der Waals surface area (Å²) >= 11 is 0. The molecule has 5 nitrogen and oxygen atoms in total. The summed E-state index contributed by atoms with van der Waals surface area (Å²) in [5, 5.41) is 3.09. The summed E-state index contributed by atoms with van der Waals surface area (Å²) in [5.74, 6) is 0. The number of rotatable bonds is 4. The molecule has 1 aliphatic rings. The van der Waals surface area contributed by atoms with E-state index < -0.39 is 10.0 Å². The summed E-state index contributed by atoms with van der Waals surface area (Å²) in [5.41, 5.74) is 0. The molecule has 0 bridgehead atoms. The van der Waals surface area contributed by atoms with Gasteiger partial charge in [-0.2, -0.15) is 4.31 Å². The molecule has 0 spiro atoms. The van der Waals surface area contributed by atoms with E-state index in [1.165, 1.54) is 0 Å². The summed E-state index contributed by atoms with van der Waals surface area (Å²) in [7, 11) is -1.50. The Labute approximate surface area is 96.1 Å². The minimum atomic E-state index is -3.32. The molecule has 90 valence electrons. The van der Waals surface area contributed by atoms with Gasteiger partial charge in [0.05, 0.1) is 10.9 Å². The van der Waals surface area contributed by atoms with Crippen LogP contribution in [0.5, 0.6) is 0 Å². The number of likely N-dealkylation sites (N-methyl/N-ethyl adjacent to an activating group) is 1. The van der Waals surface area contributed by atoms with Crippen LogP contribution in [0.1, 0.15) is 6.92 Å². The van der Waals surface area contributed by atoms with Gasteiger partial charge in [-0.1, -0.05) is 6.92 Å². The number of aromatic nitrogens is 1. The van der Waals surface area contributed by atoms with Crippen LogP contribution < -0.4 is 5.32 Å². The molecule has 1 fully saturated rings. The Kier molecular flexibility index (Phi) is 3.05. The van der Waals surface area contributed by atoms with Gasteiger partial charge in [0, 0.05) is 39.1 Å². The van der Waals surface area contributed by atoms with E-state index in [0.717, 1.165) is 13.1 Å². The van der Waals surface area contributed by atoms with Crippen molar-refractivity contribution in [3.8, 4) is 0 Å². The van der Waals surface area contributed by atoms with E-state index in [2.05, 4.69) is 5.32 Å². The molecule has 1 saturated heterocycles. The van der Waals surface area contributed by atoms with Crippen molar-refractivity contribution in [1.82, 2.24) is 14.2 Å². The van der Waals surface area contributed by atoms with Crippen LogP contribution in [-0.2, 0) is 17.1 Å². The molecule has 1 aromatic rings. The van der Waals surface area contributed by atoms with Crippen molar-refractivity contribution < 1.29 is 8.42 Å². The van der Waals surface area contributed by atoms with Crippen LogP contribution in [0.3, 0.4) is 0 Å². The first kappa shape index (κ1) is 11.6. The highest BCUT2D eigenvalue weighted by molar-refractivity contribution is 7.89. The van der Waals surface area contributed by atoms with Gasteiger partial charge in [0.25, 0.3) is 0 Å². The Morgan fingerprint density at radius 3 is 2.62 bits per heavy atom. The van der Waals surface area contributed by atoms with E-state index in [4.69, 9.17) is 0 Å². The maximum Gasteiger partial charge on any atom is 0.244 e. The molecule has 16 heavy (non-hydrogen) atoms. The summed E-state index contributed by atoms with van der Waals surface area (Å²) in [6.07, 6.45) is 3.39. The van der Waals surface area contributed by atoms with Crippen molar-refractivity contribution in [1.29, 1.82) is 0 Å². The topological polar surface area (TPSA) is 54.3 Å². The molecule has 0 amide bonds. The number of sulfonamides is 1. The van der Waals surface area contributed by atoms with Crippen molar-refractivity contribution in [2.45, 2.75) is 17.9 Å². The van der Waals surface area contributed by atoms with Gasteiger partial charge in [0.2, 0.25) is 10.0 Å². The molecule has 2 heterocycles. The Hall–Kier alpha value is -0.850. The number of nitrogens with zero attached hydrogens (tertiary/aromatic N) is 2. The average molecular weight is 243 g/mol. The Morgan fingerprint density at radius 1 is 1.56 bits per heavy atom. The molecule has 6 heteroatoms. The molecule has 0 unspecified atom stereocenters. The number of nitrogens with one attached hydrogen (secondary N) is 1. The summed E-state index contributed by atoms with van der Waals surface area (Å²) in [6.45, 7) is 3.89. The molecule has 0 saturated carbocycles. The zero-order chi connectivity index (χ0) is 11.8. The average Bonchev–Trinajstić information content (AvgIpc) is 2.58. The summed E-state index contributed by atoms with van der Waals surface area (Å²) in [6, 6.07) is 1.75. The first-order chi connectivity index (χ1) is 7.55. The third kappa shape index (κ3) is 1.88. The fourth-order valence-electron chi connectivity index (χ4n) is 1.87. The third-order valence-corrected chi connectivity index (χ3v) is 4.90. The Balaban J connectivity index is 2.29. The first-order valence-electron chi connectivity index (χ1n) is 5.40. The van der Waals surface area contributed by atoms with Gasteiger partial charge in [0.1, 0.15) is 0 Å². The lowest BCUT2D eigenvalue weighted by molar-refractivity contribution is 0.249. The van der Waals surface area contributed by atoms with Crippen molar-refractivity contribution in [2.75, 3.05) is 19.6 Å². The second-order valence-electron chi connectivity index (χ2n) is 4.03. The Morgan fingerprint density at radius 2 is 2.25 bits per heavy atom. The van der Waals surface area contributed by atoms with Crippen molar-refractivity contribution in [3.63, 3.8) is 0 Å². The second kappa shape index (κ2) is 4.20.